The topological polar surface area (TPSA) is 78.5 Å². The third-order valence-electron chi connectivity index (χ3n) is 6.99. The lowest BCUT2D eigenvalue weighted by Crippen LogP contribution is -2.27. The minimum absolute atomic E-state index is 0.00570. The van der Waals surface area contributed by atoms with E-state index in [0.717, 1.165) is 16.8 Å². The largest absolute Gasteiger partial charge is 0.452 e. The SMILES string of the molecule is Cc1cc(-c2ccn3nccc(Oc4ccc(CC(=O)c5c(C)ccn(-c6ccc(F)cc6)c5=O)cc4F)c23)ccn1. The molecule has 0 aliphatic rings. The monoisotopic (exact) mass is 562 g/mol. The zero-order valence-electron chi connectivity index (χ0n) is 22.7. The number of fused-ring (bicyclic) bond motifs is 1. The summed E-state index contributed by atoms with van der Waals surface area (Å²) in [6.07, 6.45) is 6.43. The highest BCUT2D eigenvalue weighted by Gasteiger charge is 2.19. The molecule has 0 amide bonds. The molecule has 0 radical (unpaired) electrons. The average Bonchev–Trinajstić information content (AvgIpc) is 3.41. The van der Waals surface area contributed by atoms with Crippen LogP contribution in [-0.2, 0) is 6.42 Å². The first-order valence-corrected chi connectivity index (χ1v) is 13.2. The van der Waals surface area contributed by atoms with Gasteiger partial charge in [0.05, 0.1) is 11.8 Å². The van der Waals surface area contributed by atoms with Crippen LogP contribution in [0.5, 0.6) is 11.5 Å². The van der Waals surface area contributed by atoms with E-state index >= 15 is 4.39 Å². The molecule has 0 spiro atoms. The van der Waals surface area contributed by atoms with Gasteiger partial charge in [0, 0.05) is 48.0 Å². The Labute approximate surface area is 239 Å². The molecule has 0 aliphatic carbocycles. The molecule has 6 rings (SSSR count). The molecule has 9 heteroatoms. The van der Waals surface area contributed by atoms with Crippen LogP contribution in [0, 0.1) is 25.5 Å². The van der Waals surface area contributed by atoms with Gasteiger partial charge in [0.25, 0.3) is 5.56 Å². The van der Waals surface area contributed by atoms with Gasteiger partial charge in [0.1, 0.15) is 11.3 Å². The lowest BCUT2D eigenvalue weighted by atomic mass is 10.0. The minimum atomic E-state index is -0.656. The maximum Gasteiger partial charge on any atom is 0.266 e. The molecule has 0 unspecified atom stereocenters. The van der Waals surface area contributed by atoms with Gasteiger partial charge >= 0.3 is 0 Å². The highest BCUT2D eigenvalue weighted by molar-refractivity contribution is 5.98. The summed E-state index contributed by atoms with van der Waals surface area (Å²) in [4.78, 5) is 30.7. The van der Waals surface area contributed by atoms with Crippen molar-refractivity contribution in [3.05, 3.63) is 142 Å². The predicted octanol–water partition coefficient (Wildman–Crippen LogP) is 6.66. The highest BCUT2D eigenvalue weighted by atomic mass is 19.1. The third kappa shape index (κ3) is 5.08. The van der Waals surface area contributed by atoms with Crippen molar-refractivity contribution in [1.82, 2.24) is 19.2 Å². The van der Waals surface area contributed by atoms with Crippen molar-refractivity contribution in [3.8, 4) is 28.3 Å². The number of halogens is 2. The maximum atomic E-state index is 15.3. The fraction of sp³-hybridized carbons (Fsp3) is 0.0909. The summed E-state index contributed by atoms with van der Waals surface area (Å²) in [5.41, 5.74) is 4.08. The number of benzene rings is 2. The maximum absolute atomic E-state index is 15.3. The minimum Gasteiger partial charge on any atom is -0.452 e. The van der Waals surface area contributed by atoms with E-state index in [-0.39, 0.29) is 17.7 Å². The van der Waals surface area contributed by atoms with Crippen molar-refractivity contribution < 1.29 is 18.3 Å². The number of hydrogen-bond acceptors (Lipinski definition) is 5. The van der Waals surface area contributed by atoms with Crippen LogP contribution in [0.1, 0.15) is 27.2 Å². The summed E-state index contributed by atoms with van der Waals surface area (Å²) < 4.78 is 37.6. The molecule has 4 heterocycles. The molecule has 0 saturated carbocycles. The Morgan fingerprint density at radius 3 is 2.45 bits per heavy atom. The lowest BCUT2D eigenvalue weighted by molar-refractivity contribution is 0.0990. The van der Waals surface area contributed by atoms with E-state index < -0.39 is 23.0 Å². The first-order valence-electron chi connectivity index (χ1n) is 13.2. The van der Waals surface area contributed by atoms with Crippen molar-refractivity contribution in [2.24, 2.45) is 0 Å². The predicted molar refractivity (Wildman–Crippen MR) is 154 cm³/mol. The smallest absolute Gasteiger partial charge is 0.266 e. The number of aryl methyl sites for hydroxylation is 2. The molecule has 208 valence electrons. The normalized spacial score (nSPS) is 11.1. The Balaban J connectivity index is 1.27. The number of aromatic nitrogens is 4. The van der Waals surface area contributed by atoms with E-state index in [0.29, 0.717) is 28.1 Å². The second-order valence-electron chi connectivity index (χ2n) is 9.90. The number of ketones is 1. The number of hydrogen-bond donors (Lipinski definition) is 0. The van der Waals surface area contributed by atoms with Crippen LogP contribution in [0.25, 0.3) is 22.3 Å². The van der Waals surface area contributed by atoms with Crippen LogP contribution in [0.4, 0.5) is 8.78 Å². The first-order chi connectivity index (χ1) is 20.3. The first kappa shape index (κ1) is 26.8. The number of nitrogens with zero attached hydrogens (tertiary/aromatic N) is 4. The van der Waals surface area contributed by atoms with E-state index in [1.54, 1.807) is 48.2 Å². The van der Waals surface area contributed by atoms with Crippen LogP contribution < -0.4 is 10.3 Å². The van der Waals surface area contributed by atoms with Gasteiger partial charge in [0.2, 0.25) is 0 Å². The van der Waals surface area contributed by atoms with Crippen LogP contribution in [0.2, 0.25) is 0 Å². The van der Waals surface area contributed by atoms with Crippen LogP contribution >= 0.6 is 0 Å². The van der Waals surface area contributed by atoms with Crippen LogP contribution in [-0.4, -0.2) is 24.9 Å². The average molecular weight is 563 g/mol. The Hall–Kier alpha value is -5.44. The number of ether oxygens (including phenoxy) is 1. The number of rotatable bonds is 7. The fourth-order valence-electron chi connectivity index (χ4n) is 4.94. The zero-order valence-corrected chi connectivity index (χ0v) is 22.7. The summed E-state index contributed by atoms with van der Waals surface area (Å²) >= 11 is 0. The number of carbonyl (C=O) groups is 1. The molecule has 0 aliphatic heterocycles. The van der Waals surface area contributed by atoms with Crippen LogP contribution in [0.15, 0.2) is 102 Å². The lowest BCUT2D eigenvalue weighted by Gasteiger charge is -2.12. The van der Waals surface area contributed by atoms with E-state index in [2.05, 4.69) is 10.1 Å². The molecule has 7 nitrogen and oxygen atoms in total. The summed E-state index contributed by atoms with van der Waals surface area (Å²) in [7, 11) is 0. The quantitative estimate of drug-likeness (QED) is 0.203. The Kier molecular flexibility index (Phi) is 6.92. The molecular weight excluding hydrogens is 538 g/mol. The third-order valence-corrected chi connectivity index (χ3v) is 6.99. The zero-order chi connectivity index (χ0) is 29.4. The second kappa shape index (κ2) is 10.9. The van der Waals surface area contributed by atoms with Gasteiger partial charge < -0.3 is 4.74 Å². The number of carbonyl (C=O) groups excluding carboxylic acids is 1. The Morgan fingerprint density at radius 2 is 1.69 bits per heavy atom. The molecule has 0 bridgehead atoms. The molecule has 0 N–H and O–H groups in total. The highest BCUT2D eigenvalue weighted by Crippen LogP contribution is 2.35. The Morgan fingerprint density at radius 1 is 0.881 bits per heavy atom. The molecule has 4 aromatic heterocycles. The molecule has 0 atom stereocenters. The van der Waals surface area contributed by atoms with Gasteiger partial charge in [-0.05, 0) is 91.2 Å². The van der Waals surface area contributed by atoms with Crippen molar-refractivity contribution in [1.29, 1.82) is 0 Å². The molecule has 0 saturated heterocycles. The summed E-state index contributed by atoms with van der Waals surface area (Å²) in [5, 5.41) is 4.34. The standard InChI is InChI=1S/C33H24F2N4O3/c1-20-11-15-38(25-6-4-24(34)5-7-25)33(41)31(20)28(40)19-22-3-8-29(27(35)18-22)42-30-10-14-37-39-16-12-26(32(30)39)23-9-13-36-21(2)17-23/h3-18H,19H2,1-2H3. The van der Waals surface area contributed by atoms with E-state index in [1.165, 1.54) is 47.2 Å². The van der Waals surface area contributed by atoms with Crippen molar-refractivity contribution in [2.45, 2.75) is 20.3 Å². The molecule has 42 heavy (non-hydrogen) atoms. The van der Waals surface area contributed by atoms with Gasteiger partial charge in [-0.15, -0.1) is 0 Å². The van der Waals surface area contributed by atoms with Crippen LogP contribution in [0.3, 0.4) is 0 Å². The van der Waals surface area contributed by atoms with E-state index in [1.807, 2.05) is 25.1 Å². The molecule has 0 fully saturated rings. The fourth-order valence-corrected chi connectivity index (χ4v) is 4.94. The molecule has 2 aromatic carbocycles. The van der Waals surface area contributed by atoms with Crippen molar-refractivity contribution in [3.63, 3.8) is 0 Å². The van der Waals surface area contributed by atoms with Gasteiger partial charge in [-0.2, -0.15) is 5.10 Å². The number of pyridine rings is 2. The molecular formula is C33H24F2N4O3. The second-order valence-corrected chi connectivity index (χ2v) is 9.90. The number of Topliss-reactive ketones (excluding diaryl/α,β-unsaturated/α-hetero) is 1. The van der Waals surface area contributed by atoms with Gasteiger partial charge in [0.15, 0.2) is 23.1 Å². The summed E-state index contributed by atoms with van der Waals surface area (Å²) in [6.45, 7) is 3.57. The van der Waals surface area contributed by atoms with Gasteiger partial charge in [-0.3, -0.25) is 19.1 Å². The van der Waals surface area contributed by atoms with E-state index in [9.17, 15) is 14.0 Å². The van der Waals surface area contributed by atoms with Crippen molar-refractivity contribution >= 4 is 11.3 Å². The summed E-state index contributed by atoms with van der Waals surface area (Å²) in [5.74, 6) is -1.16. The van der Waals surface area contributed by atoms with Crippen molar-refractivity contribution in [2.75, 3.05) is 0 Å². The van der Waals surface area contributed by atoms with Gasteiger partial charge in [-0.1, -0.05) is 6.07 Å². The van der Waals surface area contributed by atoms with Gasteiger partial charge in [-0.25, -0.2) is 13.3 Å². The van der Waals surface area contributed by atoms with E-state index in [4.69, 9.17) is 4.74 Å². The Bertz CT molecular complexity index is 2030. The molecule has 6 aromatic rings. The summed E-state index contributed by atoms with van der Waals surface area (Å²) in [6, 6.07) is 18.7.